The molecule has 5 heteroatoms. The molecule has 3 aromatic carbocycles. The van der Waals surface area contributed by atoms with Crippen molar-refractivity contribution in [1.82, 2.24) is 9.80 Å². The van der Waals surface area contributed by atoms with Gasteiger partial charge in [0.1, 0.15) is 6.54 Å². The summed E-state index contributed by atoms with van der Waals surface area (Å²) in [5.74, 6) is -0.212. The molecule has 0 spiro atoms. The SMILES string of the molecule is C=CCN(CC(=O)N1CCc2sccc2C1c1ccccc1)C(=O)c1cccc2ccccc12. The third kappa shape index (κ3) is 4.15. The number of carbonyl (C=O) groups is 2. The Bertz CT molecular complexity index is 1340. The van der Waals surface area contributed by atoms with E-state index >= 15 is 0 Å². The third-order valence-corrected chi connectivity index (χ3v) is 7.38. The zero-order chi connectivity index (χ0) is 23.5. The quantitative estimate of drug-likeness (QED) is 0.342. The molecule has 170 valence electrons. The molecule has 0 saturated carbocycles. The van der Waals surface area contributed by atoms with Crippen LogP contribution in [0.3, 0.4) is 0 Å². The summed E-state index contributed by atoms with van der Waals surface area (Å²) in [5.41, 5.74) is 2.88. The van der Waals surface area contributed by atoms with Crippen LogP contribution >= 0.6 is 11.3 Å². The van der Waals surface area contributed by atoms with Gasteiger partial charge >= 0.3 is 0 Å². The highest BCUT2D eigenvalue weighted by molar-refractivity contribution is 7.10. The van der Waals surface area contributed by atoms with E-state index in [1.807, 2.05) is 65.6 Å². The van der Waals surface area contributed by atoms with Gasteiger partial charge in [-0.2, -0.15) is 0 Å². The molecule has 0 radical (unpaired) electrons. The second kappa shape index (κ2) is 9.65. The highest BCUT2D eigenvalue weighted by Gasteiger charge is 2.34. The van der Waals surface area contributed by atoms with Gasteiger partial charge in [0.2, 0.25) is 5.91 Å². The van der Waals surface area contributed by atoms with Crippen LogP contribution in [0.2, 0.25) is 0 Å². The molecule has 1 aliphatic heterocycles. The molecular formula is C29H26N2O2S. The smallest absolute Gasteiger partial charge is 0.255 e. The molecule has 0 fully saturated rings. The summed E-state index contributed by atoms with van der Waals surface area (Å²) in [6.07, 6.45) is 2.51. The van der Waals surface area contributed by atoms with E-state index in [4.69, 9.17) is 0 Å². The van der Waals surface area contributed by atoms with Crippen LogP contribution < -0.4 is 0 Å². The molecule has 0 saturated heterocycles. The molecule has 1 atom stereocenters. The van der Waals surface area contributed by atoms with Gasteiger partial charge in [0, 0.05) is 23.5 Å². The van der Waals surface area contributed by atoms with Crippen molar-refractivity contribution in [1.29, 1.82) is 0 Å². The van der Waals surface area contributed by atoms with Gasteiger partial charge in [-0.3, -0.25) is 9.59 Å². The van der Waals surface area contributed by atoms with Crippen LogP contribution in [0.1, 0.15) is 32.4 Å². The van der Waals surface area contributed by atoms with Crippen LogP contribution in [0.4, 0.5) is 0 Å². The summed E-state index contributed by atoms with van der Waals surface area (Å²) in [7, 11) is 0. The predicted octanol–water partition coefficient (Wildman–Crippen LogP) is 5.70. The van der Waals surface area contributed by atoms with Crippen LogP contribution in [0.15, 0.2) is 96.9 Å². The maximum atomic E-state index is 13.7. The van der Waals surface area contributed by atoms with E-state index in [-0.39, 0.29) is 24.4 Å². The van der Waals surface area contributed by atoms with Crippen LogP contribution in [0.5, 0.6) is 0 Å². The van der Waals surface area contributed by atoms with Crippen molar-refractivity contribution >= 4 is 33.9 Å². The minimum atomic E-state index is -0.158. The number of thiophene rings is 1. The van der Waals surface area contributed by atoms with Gasteiger partial charge in [0.05, 0.1) is 6.04 Å². The number of rotatable bonds is 6. The largest absolute Gasteiger partial charge is 0.330 e. The topological polar surface area (TPSA) is 40.6 Å². The van der Waals surface area contributed by atoms with E-state index in [1.54, 1.807) is 22.3 Å². The average Bonchev–Trinajstić information content (AvgIpc) is 3.36. The molecule has 2 heterocycles. The van der Waals surface area contributed by atoms with Crippen molar-refractivity contribution in [3.63, 3.8) is 0 Å². The third-order valence-electron chi connectivity index (χ3n) is 6.38. The standard InChI is InChI=1S/C29H26N2O2S/c1-2-17-30(29(33)24-14-8-12-21-9-6-7-13-23(21)24)20-27(32)31-18-15-26-25(16-19-34-26)28(31)22-10-4-3-5-11-22/h2-14,16,19,28H,1,15,17-18,20H2. The lowest BCUT2D eigenvalue weighted by atomic mass is 9.93. The van der Waals surface area contributed by atoms with Crippen molar-refractivity contribution in [3.8, 4) is 0 Å². The first kappa shape index (κ1) is 22.1. The normalized spacial score (nSPS) is 15.1. The van der Waals surface area contributed by atoms with Crippen molar-refractivity contribution in [2.45, 2.75) is 12.5 Å². The first-order valence-electron chi connectivity index (χ1n) is 11.5. The number of hydrogen-bond acceptors (Lipinski definition) is 3. The van der Waals surface area contributed by atoms with Gasteiger partial charge in [-0.1, -0.05) is 72.8 Å². The summed E-state index contributed by atoms with van der Waals surface area (Å²) < 4.78 is 0. The number of amides is 2. The number of carbonyl (C=O) groups excluding carboxylic acids is 2. The number of fused-ring (bicyclic) bond motifs is 2. The molecule has 0 N–H and O–H groups in total. The van der Waals surface area contributed by atoms with E-state index in [0.717, 1.165) is 22.8 Å². The zero-order valence-corrected chi connectivity index (χ0v) is 19.7. The van der Waals surface area contributed by atoms with Gasteiger partial charge in [-0.25, -0.2) is 0 Å². The van der Waals surface area contributed by atoms with Crippen LogP contribution in [-0.4, -0.2) is 41.2 Å². The summed E-state index contributed by atoms with van der Waals surface area (Å²) >= 11 is 1.75. The van der Waals surface area contributed by atoms with Crippen molar-refractivity contribution < 1.29 is 9.59 Å². The van der Waals surface area contributed by atoms with E-state index in [0.29, 0.717) is 18.7 Å². The summed E-state index contributed by atoms with van der Waals surface area (Å²) in [6.45, 7) is 4.78. The fourth-order valence-corrected chi connectivity index (χ4v) is 5.70. The molecule has 2 amide bonds. The Balaban J connectivity index is 1.45. The molecule has 34 heavy (non-hydrogen) atoms. The summed E-state index contributed by atoms with van der Waals surface area (Å²) in [5, 5.41) is 3.99. The molecule has 1 aromatic heterocycles. The van der Waals surface area contributed by atoms with Crippen molar-refractivity contribution in [2.24, 2.45) is 0 Å². The number of hydrogen-bond donors (Lipinski definition) is 0. The monoisotopic (exact) mass is 466 g/mol. The fraction of sp³-hybridized carbons (Fsp3) is 0.172. The second-order valence-electron chi connectivity index (χ2n) is 8.45. The van der Waals surface area contributed by atoms with E-state index in [9.17, 15) is 9.59 Å². The highest BCUT2D eigenvalue weighted by atomic mass is 32.1. The Hall–Kier alpha value is -3.70. The van der Waals surface area contributed by atoms with Gasteiger partial charge < -0.3 is 9.80 Å². The summed E-state index contributed by atoms with van der Waals surface area (Å²) in [6, 6.07) is 25.7. The van der Waals surface area contributed by atoms with Crippen LogP contribution in [0.25, 0.3) is 10.8 Å². The molecule has 5 rings (SSSR count). The molecule has 4 aromatic rings. The summed E-state index contributed by atoms with van der Waals surface area (Å²) in [4.78, 5) is 32.1. The fourth-order valence-electron chi connectivity index (χ4n) is 4.79. The van der Waals surface area contributed by atoms with Crippen molar-refractivity contribution in [2.75, 3.05) is 19.6 Å². The number of nitrogens with zero attached hydrogens (tertiary/aromatic N) is 2. The minimum absolute atomic E-state index is 0.0108. The van der Waals surface area contributed by atoms with Gasteiger partial charge in [0.25, 0.3) is 5.91 Å². The lowest BCUT2D eigenvalue weighted by Gasteiger charge is -2.37. The van der Waals surface area contributed by atoms with Gasteiger partial charge in [0.15, 0.2) is 0 Å². The Morgan fingerprint density at radius 1 is 1.00 bits per heavy atom. The Kier molecular flexibility index (Phi) is 6.28. The first-order valence-corrected chi connectivity index (χ1v) is 12.3. The Morgan fingerprint density at radius 3 is 2.59 bits per heavy atom. The maximum absolute atomic E-state index is 13.7. The predicted molar refractivity (Wildman–Crippen MR) is 138 cm³/mol. The van der Waals surface area contributed by atoms with Gasteiger partial charge in [-0.05, 0) is 45.8 Å². The van der Waals surface area contributed by atoms with E-state index in [2.05, 4.69) is 30.2 Å². The lowest BCUT2D eigenvalue weighted by Crippen LogP contribution is -2.46. The molecule has 0 aliphatic carbocycles. The average molecular weight is 467 g/mol. The number of benzene rings is 3. The van der Waals surface area contributed by atoms with Crippen LogP contribution in [0, 0.1) is 0 Å². The minimum Gasteiger partial charge on any atom is -0.330 e. The molecule has 1 aliphatic rings. The van der Waals surface area contributed by atoms with E-state index < -0.39 is 0 Å². The van der Waals surface area contributed by atoms with E-state index in [1.165, 1.54) is 10.4 Å². The zero-order valence-electron chi connectivity index (χ0n) is 18.9. The Morgan fingerprint density at radius 2 is 1.76 bits per heavy atom. The van der Waals surface area contributed by atoms with Crippen LogP contribution in [-0.2, 0) is 11.2 Å². The molecule has 0 bridgehead atoms. The van der Waals surface area contributed by atoms with Gasteiger partial charge in [-0.15, -0.1) is 17.9 Å². The molecule has 4 nitrogen and oxygen atoms in total. The maximum Gasteiger partial charge on any atom is 0.255 e. The highest BCUT2D eigenvalue weighted by Crippen LogP contribution is 2.37. The molecule has 1 unspecified atom stereocenters. The first-order chi connectivity index (χ1) is 16.7. The Labute approximate surface area is 203 Å². The molecular weight excluding hydrogens is 440 g/mol. The van der Waals surface area contributed by atoms with Crippen molar-refractivity contribution in [3.05, 3.63) is 118 Å². The lowest BCUT2D eigenvalue weighted by molar-refractivity contribution is -0.133. The second-order valence-corrected chi connectivity index (χ2v) is 9.45.